The van der Waals surface area contributed by atoms with Gasteiger partial charge >= 0.3 is 5.97 Å². The quantitative estimate of drug-likeness (QED) is 0.793. The van der Waals surface area contributed by atoms with E-state index < -0.39 is 5.97 Å². The number of carbonyl (C=O) groups excluding carboxylic acids is 1. The summed E-state index contributed by atoms with van der Waals surface area (Å²) in [5, 5.41) is 0.989. The maximum atomic E-state index is 11.3. The number of methoxy groups -OCH3 is 2. The summed E-state index contributed by atoms with van der Waals surface area (Å²) in [6, 6.07) is 3.21. The minimum atomic E-state index is -0.549. The molecule has 0 aliphatic rings. The van der Waals surface area contributed by atoms with Crippen LogP contribution in [0.4, 0.5) is 0 Å². The molecule has 2 aromatic rings. The molecule has 0 aliphatic carbocycles. The predicted molar refractivity (Wildman–Crippen MR) is 66.8 cm³/mol. The van der Waals surface area contributed by atoms with Gasteiger partial charge in [-0.15, -0.1) is 0 Å². The molecule has 0 N–H and O–H groups in total. The Morgan fingerprint density at radius 1 is 1.41 bits per heavy atom. The molecule has 0 radical (unpaired) electrons. The molecule has 1 heterocycles. The zero-order chi connectivity index (χ0) is 12.6. The molecule has 90 valence electrons. The number of fused-ring (bicyclic) bond motifs is 1. The van der Waals surface area contributed by atoms with E-state index in [1.165, 1.54) is 20.3 Å². The van der Waals surface area contributed by atoms with Crippen LogP contribution in [0.15, 0.2) is 21.0 Å². The molecule has 1 aromatic heterocycles. The van der Waals surface area contributed by atoms with Crippen molar-refractivity contribution >= 4 is 44.5 Å². The largest absolute Gasteiger partial charge is 0.494 e. The van der Waals surface area contributed by atoms with Gasteiger partial charge in [-0.25, -0.2) is 4.79 Å². The van der Waals surface area contributed by atoms with E-state index in [4.69, 9.17) is 20.8 Å². The second-order valence-electron chi connectivity index (χ2n) is 3.22. The Kier molecular flexibility index (Phi) is 3.31. The molecule has 0 fully saturated rings. The molecule has 1 aromatic carbocycles. The van der Waals surface area contributed by atoms with Gasteiger partial charge in [-0.2, -0.15) is 0 Å². The van der Waals surface area contributed by atoms with Crippen molar-refractivity contribution < 1.29 is 18.7 Å². The Morgan fingerprint density at radius 3 is 2.71 bits per heavy atom. The monoisotopic (exact) mass is 318 g/mol. The van der Waals surface area contributed by atoms with Gasteiger partial charge in [0.15, 0.2) is 5.75 Å². The summed E-state index contributed by atoms with van der Waals surface area (Å²) in [4.78, 5) is 11.3. The molecule has 0 bridgehead atoms. The molecule has 0 aliphatic heterocycles. The van der Waals surface area contributed by atoms with E-state index in [2.05, 4.69) is 20.7 Å². The maximum Gasteiger partial charge on any atom is 0.373 e. The predicted octanol–water partition coefficient (Wildman–Crippen LogP) is 3.64. The molecular formula is C11H8BrClO4. The van der Waals surface area contributed by atoms with Crippen molar-refractivity contribution in [2.24, 2.45) is 0 Å². The standard InChI is InChI=1S/C11H8BrClO4/c1-15-10-6(12)4-7-5(9(10)13)3-8(17-7)11(14)16-2/h3-4H,1-2H3. The van der Waals surface area contributed by atoms with Crippen LogP contribution in [0.1, 0.15) is 10.6 Å². The van der Waals surface area contributed by atoms with Gasteiger partial charge in [0.2, 0.25) is 5.76 Å². The van der Waals surface area contributed by atoms with E-state index in [9.17, 15) is 4.79 Å². The molecule has 17 heavy (non-hydrogen) atoms. The van der Waals surface area contributed by atoms with Crippen LogP contribution >= 0.6 is 27.5 Å². The number of hydrogen-bond acceptors (Lipinski definition) is 4. The van der Waals surface area contributed by atoms with E-state index >= 15 is 0 Å². The van der Waals surface area contributed by atoms with Crippen molar-refractivity contribution in [1.82, 2.24) is 0 Å². The summed E-state index contributed by atoms with van der Waals surface area (Å²) >= 11 is 9.45. The summed E-state index contributed by atoms with van der Waals surface area (Å²) in [6.07, 6.45) is 0. The number of furan rings is 1. The van der Waals surface area contributed by atoms with E-state index in [0.29, 0.717) is 26.2 Å². The van der Waals surface area contributed by atoms with Gasteiger partial charge in [0.05, 0.1) is 23.7 Å². The van der Waals surface area contributed by atoms with Crippen LogP contribution in [0.2, 0.25) is 5.02 Å². The fourth-order valence-electron chi connectivity index (χ4n) is 1.48. The lowest BCUT2D eigenvalue weighted by molar-refractivity contribution is 0.0567. The van der Waals surface area contributed by atoms with Gasteiger partial charge in [0.25, 0.3) is 0 Å². The first-order valence-corrected chi connectivity index (χ1v) is 5.79. The molecule has 0 spiro atoms. The SMILES string of the molecule is COC(=O)c1cc2c(Cl)c(OC)c(Br)cc2o1. The van der Waals surface area contributed by atoms with Gasteiger partial charge < -0.3 is 13.9 Å². The second kappa shape index (κ2) is 4.58. The Morgan fingerprint density at radius 2 is 2.12 bits per heavy atom. The summed E-state index contributed by atoms with van der Waals surface area (Å²) in [6.45, 7) is 0. The average molecular weight is 320 g/mol. The maximum absolute atomic E-state index is 11.3. The first-order valence-electron chi connectivity index (χ1n) is 4.62. The van der Waals surface area contributed by atoms with Gasteiger partial charge in [-0.3, -0.25) is 0 Å². The van der Waals surface area contributed by atoms with E-state index in [1.807, 2.05) is 0 Å². The molecule has 4 nitrogen and oxygen atoms in total. The van der Waals surface area contributed by atoms with Gasteiger partial charge in [0, 0.05) is 11.5 Å². The summed E-state index contributed by atoms with van der Waals surface area (Å²) in [5.74, 6) is 0.0493. The molecule has 0 atom stereocenters. The molecule has 2 rings (SSSR count). The van der Waals surface area contributed by atoms with Crippen LogP contribution in [0.25, 0.3) is 11.0 Å². The number of hydrogen-bond donors (Lipinski definition) is 0. The molecule has 0 saturated heterocycles. The smallest absolute Gasteiger partial charge is 0.373 e. The Balaban J connectivity index is 2.69. The Hall–Kier alpha value is -1.20. The zero-order valence-electron chi connectivity index (χ0n) is 9.04. The highest BCUT2D eigenvalue weighted by Crippen LogP contribution is 2.40. The van der Waals surface area contributed by atoms with Crippen molar-refractivity contribution in [3.8, 4) is 5.75 Å². The number of esters is 1. The topological polar surface area (TPSA) is 48.7 Å². The number of ether oxygens (including phenoxy) is 2. The molecule has 0 amide bonds. The molecule has 0 saturated carbocycles. The minimum Gasteiger partial charge on any atom is -0.494 e. The lowest BCUT2D eigenvalue weighted by atomic mass is 10.2. The van der Waals surface area contributed by atoms with Crippen LogP contribution in [-0.4, -0.2) is 20.2 Å². The third-order valence-electron chi connectivity index (χ3n) is 2.26. The highest BCUT2D eigenvalue weighted by atomic mass is 79.9. The van der Waals surface area contributed by atoms with Crippen molar-refractivity contribution in [1.29, 1.82) is 0 Å². The normalized spacial score (nSPS) is 10.6. The van der Waals surface area contributed by atoms with Crippen LogP contribution in [-0.2, 0) is 4.74 Å². The fourth-order valence-corrected chi connectivity index (χ4v) is 2.49. The minimum absolute atomic E-state index is 0.101. The fraction of sp³-hybridized carbons (Fsp3) is 0.182. The number of rotatable bonds is 2. The Bertz CT molecular complexity index is 591. The first-order chi connectivity index (χ1) is 8.08. The van der Waals surface area contributed by atoms with Crippen LogP contribution < -0.4 is 4.74 Å². The van der Waals surface area contributed by atoms with Crippen molar-refractivity contribution in [3.05, 3.63) is 27.4 Å². The summed E-state index contributed by atoms with van der Waals surface area (Å²) < 4.78 is 15.7. The molecule has 6 heteroatoms. The van der Waals surface area contributed by atoms with Crippen LogP contribution in [0.3, 0.4) is 0 Å². The average Bonchev–Trinajstić information content (AvgIpc) is 2.72. The molecular weight excluding hydrogens is 311 g/mol. The lowest BCUT2D eigenvalue weighted by Crippen LogP contribution is -1.97. The van der Waals surface area contributed by atoms with Crippen LogP contribution in [0.5, 0.6) is 5.75 Å². The van der Waals surface area contributed by atoms with Crippen molar-refractivity contribution in [3.63, 3.8) is 0 Å². The lowest BCUT2D eigenvalue weighted by Gasteiger charge is -2.05. The number of carbonyl (C=O) groups is 1. The van der Waals surface area contributed by atoms with Gasteiger partial charge in [0.1, 0.15) is 5.58 Å². The highest BCUT2D eigenvalue weighted by molar-refractivity contribution is 9.10. The number of halogens is 2. The molecule has 0 unspecified atom stereocenters. The van der Waals surface area contributed by atoms with Crippen LogP contribution in [0, 0.1) is 0 Å². The third-order valence-corrected chi connectivity index (χ3v) is 3.23. The zero-order valence-corrected chi connectivity index (χ0v) is 11.4. The first kappa shape index (κ1) is 12.3. The summed E-state index contributed by atoms with van der Waals surface area (Å²) in [7, 11) is 2.80. The van der Waals surface area contributed by atoms with Gasteiger partial charge in [-0.1, -0.05) is 11.6 Å². The van der Waals surface area contributed by atoms with Gasteiger partial charge in [-0.05, 0) is 22.0 Å². The van der Waals surface area contributed by atoms with Crippen molar-refractivity contribution in [2.75, 3.05) is 14.2 Å². The van der Waals surface area contributed by atoms with E-state index in [0.717, 1.165) is 0 Å². The third kappa shape index (κ3) is 2.00. The summed E-state index contributed by atoms with van der Waals surface area (Å²) in [5.41, 5.74) is 0.489. The Labute approximate surface area is 111 Å². The highest BCUT2D eigenvalue weighted by Gasteiger charge is 2.18. The van der Waals surface area contributed by atoms with E-state index in [-0.39, 0.29) is 5.76 Å². The number of benzene rings is 1. The van der Waals surface area contributed by atoms with E-state index in [1.54, 1.807) is 6.07 Å². The van der Waals surface area contributed by atoms with Crippen molar-refractivity contribution in [2.45, 2.75) is 0 Å². The second-order valence-corrected chi connectivity index (χ2v) is 4.45.